The molecule has 0 radical (unpaired) electrons. The lowest BCUT2D eigenvalue weighted by molar-refractivity contribution is -0.350. The van der Waals surface area contributed by atoms with Crippen LogP contribution in [-0.2, 0) is 30.2 Å². The first-order chi connectivity index (χ1) is 20.9. The average Bonchev–Trinajstić information content (AvgIpc) is 3.02. The van der Waals surface area contributed by atoms with Gasteiger partial charge in [0.05, 0.1) is 37.9 Å². The van der Waals surface area contributed by atoms with E-state index in [1.165, 1.54) is 0 Å². The van der Waals surface area contributed by atoms with Crippen LogP contribution in [0.25, 0.3) is 0 Å². The van der Waals surface area contributed by atoms with Gasteiger partial charge in [0.2, 0.25) is 0 Å². The second kappa shape index (κ2) is 15.3. The Labute approximate surface area is 254 Å². The van der Waals surface area contributed by atoms with Crippen LogP contribution < -0.4 is 21.7 Å². The first-order valence-electron chi connectivity index (χ1n) is 14.4. The van der Waals surface area contributed by atoms with Gasteiger partial charge in [0.1, 0.15) is 54.9 Å². The van der Waals surface area contributed by atoms with Gasteiger partial charge in [-0.25, -0.2) is 0 Å². The van der Waals surface area contributed by atoms with Crippen LogP contribution in [0.4, 0.5) is 5.69 Å². The molecule has 4 rings (SSSR count). The van der Waals surface area contributed by atoms with Gasteiger partial charge in [0.25, 0.3) is 0 Å². The topological polar surface area (TPSA) is 275 Å². The Kier molecular flexibility index (Phi) is 12.3. The molecule has 0 aromatic heterocycles. The van der Waals surface area contributed by atoms with Crippen molar-refractivity contribution in [3.63, 3.8) is 0 Å². The molecular weight excluding hydrogens is 588 g/mol. The van der Waals surface area contributed by atoms with Crippen molar-refractivity contribution in [2.45, 2.75) is 98.5 Å². The van der Waals surface area contributed by atoms with Crippen LogP contribution in [0, 0.1) is 0 Å². The van der Waals surface area contributed by atoms with Gasteiger partial charge in [-0.05, 0) is 17.7 Å². The molecule has 0 bridgehead atoms. The van der Waals surface area contributed by atoms with Crippen LogP contribution in [0.5, 0.6) is 0 Å². The minimum atomic E-state index is -1.57. The molecule has 17 heteroatoms. The standard InChI is InChI=1S/C27H46N4O13/c1-31(2)12-5-3-11(4-6-12)7-30-18-22(38)24(43-26-17(29)20(36)19(35)13(8-32)41-26)15(10-34)42-27(18)44-23-14(9-33)40-25(39)16(28)21(23)37/h3-6,13-27,30,32-39H,7-10,28-29H2,1-2H3/t13-,14-,15-,16-,17-,18-,19-,20-,21-,22-,23?,24?,25-,26+,27+/m1/s1. The summed E-state index contributed by atoms with van der Waals surface area (Å²) in [6.07, 6.45) is -16.8. The first-order valence-corrected chi connectivity index (χ1v) is 14.4. The molecule has 1 aromatic carbocycles. The summed E-state index contributed by atoms with van der Waals surface area (Å²) in [4.78, 5) is 1.93. The maximum Gasteiger partial charge on any atom is 0.176 e. The highest BCUT2D eigenvalue weighted by Crippen LogP contribution is 2.32. The van der Waals surface area contributed by atoms with E-state index in [1.54, 1.807) is 0 Å². The van der Waals surface area contributed by atoms with E-state index in [2.05, 4.69) is 5.32 Å². The van der Waals surface area contributed by atoms with Crippen molar-refractivity contribution in [3.8, 4) is 0 Å². The molecule has 1 aromatic rings. The van der Waals surface area contributed by atoms with E-state index < -0.39 is 112 Å². The van der Waals surface area contributed by atoms with Crippen molar-refractivity contribution in [2.75, 3.05) is 38.8 Å². The Morgan fingerprint density at radius 3 is 1.84 bits per heavy atom. The first kappa shape index (κ1) is 35.2. The van der Waals surface area contributed by atoms with Crippen LogP contribution in [0.1, 0.15) is 5.56 Å². The van der Waals surface area contributed by atoms with E-state index in [-0.39, 0.29) is 6.54 Å². The number of rotatable bonds is 11. The largest absolute Gasteiger partial charge is 0.394 e. The molecule has 252 valence electrons. The van der Waals surface area contributed by atoms with Gasteiger partial charge in [0, 0.05) is 26.3 Å². The summed E-state index contributed by atoms with van der Waals surface area (Å²) in [5.41, 5.74) is 13.7. The van der Waals surface area contributed by atoms with Crippen molar-refractivity contribution >= 4 is 5.69 Å². The molecule has 3 fully saturated rings. The molecule has 3 aliphatic rings. The van der Waals surface area contributed by atoms with E-state index in [9.17, 15) is 40.9 Å². The lowest BCUT2D eigenvalue weighted by Gasteiger charge is -2.49. The Hall–Kier alpha value is -1.62. The van der Waals surface area contributed by atoms with E-state index >= 15 is 0 Å². The fourth-order valence-electron chi connectivity index (χ4n) is 5.52. The summed E-state index contributed by atoms with van der Waals surface area (Å²) in [7, 11) is 3.81. The van der Waals surface area contributed by atoms with E-state index in [4.69, 9.17) is 35.2 Å². The number of nitrogens with zero attached hydrogens (tertiary/aromatic N) is 1. The van der Waals surface area contributed by atoms with Crippen LogP contribution >= 0.6 is 0 Å². The van der Waals surface area contributed by atoms with E-state index in [1.807, 2.05) is 43.3 Å². The third-order valence-corrected chi connectivity index (χ3v) is 8.28. The minimum absolute atomic E-state index is 0.192. The fourth-order valence-corrected chi connectivity index (χ4v) is 5.52. The number of nitrogens with two attached hydrogens (primary N) is 2. The predicted molar refractivity (Wildman–Crippen MR) is 151 cm³/mol. The molecule has 3 heterocycles. The molecule has 0 amide bonds. The summed E-state index contributed by atoms with van der Waals surface area (Å²) in [5.74, 6) is 0. The van der Waals surface area contributed by atoms with Crippen LogP contribution in [0.15, 0.2) is 24.3 Å². The quantitative estimate of drug-likeness (QED) is 0.108. The van der Waals surface area contributed by atoms with E-state index in [0.717, 1.165) is 11.3 Å². The molecule has 2 unspecified atom stereocenters. The number of hydrogen-bond acceptors (Lipinski definition) is 17. The summed E-state index contributed by atoms with van der Waals surface area (Å²) >= 11 is 0. The number of aliphatic hydroxyl groups excluding tert-OH is 8. The van der Waals surface area contributed by atoms with Crippen molar-refractivity contribution in [3.05, 3.63) is 29.8 Å². The second-order valence-corrected chi connectivity index (χ2v) is 11.5. The molecule has 3 saturated heterocycles. The molecule has 3 aliphatic heterocycles. The maximum atomic E-state index is 11.6. The van der Waals surface area contributed by atoms with Gasteiger partial charge < -0.3 is 86.2 Å². The number of nitrogens with one attached hydrogen (secondary N) is 1. The highest BCUT2D eigenvalue weighted by Gasteiger charge is 2.53. The third-order valence-electron chi connectivity index (χ3n) is 8.28. The van der Waals surface area contributed by atoms with Crippen molar-refractivity contribution < 1.29 is 64.5 Å². The van der Waals surface area contributed by atoms with Crippen LogP contribution in [0.2, 0.25) is 0 Å². The lowest BCUT2D eigenvalue weighted by Crippen LogP contribution is -2.69. The molecule has 17 nitrogen and oxygen atoms in total. The smallest absolute Gasteiger partial charge is 0.176 e. The Morgan fingerprint density at radius 2 is 1.25 bits per heavy atom. The molecule has 13 N–H and O–H groups in total. The second-order valence-electron chi connectivity index (χ2n) is 11.5. The van der Waals surface area contributed by atoms with Crippen molar-refractivity contribution in [2.24, 2.45) is 11.5 Å². The Balaban J connectivity index is 1.59. The Bertz CT molecular complexity index is 1020. The van der Waals surface area contributed by atoms with Crippen LogP contribution in [-0.4, -0.2) is 167 Å². The highest BCUT2D eigenvalue weighted by molar-refractivity contribution is 5.46. The average molecular weight is 635 g/mol. The summed E-state index contributed by atoms with van der Waals surface area (Å²) in [6, 6.07) is 3.86. The van der Waals surface area contributed by atoms with E-state index in [0.29, 0.717) is 0 Å². The Morgan fingerprint density at radius 1 is 0.705 bits per heavy atom. The fraction of sp³-hybridized carbons (Fsp3) is 0.778. The summed E-state index contributed by atoms with van der Waals surface area (Å²) in [6.45, 7) is -1.80. The van der Waals surface area contributed by atoms with Gasteiger partial charge >= 0.3 is 0 Å². The number of hydrogen-bond donors (Lipinski definition) is 11. The summed E-state index contributed by atoms with van der Waals surface area (Å²) in [5, 5.41) is 85.8. The van der Waals surface area contributed by atoms with Gasteiger partial charge in [-0.2, -0.15) is 0 Å². The number of anilines is 1. The number of ether oxygens (including phenoxy) is 5. The molecule has 0 aliphatic carbocycles. The third kappa shape index (κ3) is 7.50. The van der Waals surface area contributed by atoms with Gasteiger partial charge in [-0.3, -0.25) is 0 Å². The molecule has 15 atom stereocenters. The molecular formula is C27H46N4O13. The van der Waals surface area contributed by atoms with Crippen molar-refractivity contribution in [1.82, 2.24) is 5.32 Å². The van der Waals surface area contributed by atoms with Gasteiger partial charge in [-0.15, -0.1) is 0 Å². The zero-order valence-electron chi connectivity index (χ0n) is 24.5. The number of aliphatic hydroxyl groups is 8. The molecule has 0 saturated carbocycles. The number of benzene rings is 1. The molecule has 0 spiro atoms. The predicted octanol–water partition coefficient (Wildman–Crippen LogP) is -5.78. The zero-order chi connectivity index (χ0) is 32.3. The molecule has 44 heavy (non-hydrogen) atoms. The van der Waals surface area contributed by atoms with Crippen LogP contribution in [0.3, 0.4) is 0 Å². The zero-order valence-corrected chi connectivity index (χ0v) is 24.5. The highest BCUT2D eigenvalue weighted by atomic mass is 16.7. The van der Waals surface area contributed by atoms with Crippen molar-refractivity contribution in [1.29, 1.82) is 0 Å². The lowest BCUT2D eigenvalue weighted by atomic mass is 9.94. The maximum absolute atomic E-state index is 11.6. The van der Waals surface area contributed by atoms with Gasteiger partial charge in [0.15, 0.2) is 18.9 Å². The minimum Gasteiger partial charge on any atom is -0.394 e. The summed E-state index contributed by atoms with van der Waals surface area (Å²) < 4.78 is 28.9. The van der Waals surface area contributed by atoms with Gasteiger partial charge in [-0.1, -0.05) is 12.1 Å². The SMILES string of the molecule is CN(C)c1ccc(CN[C@H]2[C@H](OC3[C@@H](CO)O[C@@H](O)[C@H](N)[C@H]3O)O[C@H](CO)C(O[C@@H]3O[C@H](CO)[C@@H](O)[C@H](O)[C@H]3N)[C@@H]2O)cc1. The normalized spacial score (nSPS) is 43.1. The monoisotopic (exact) mass is 634 g/mol.